The van der Waals surface area contributed by atoms with E-state index in [1.54, 1.807) is 6.92 Å². The Labute approximate surface area is 151 Å². The van der Waals surface area contributed by atoms with Crippen LogP contribution in [-0.4, -0.2) is 79.6 Å². The number of rotatable bonds is 6. The molecule has 3 heterocycles. The highest BCUT2D eigenvalue weighted by molar-refractivity contribution is 5.83. The van der Waals surface area contributed by atoms with Crippen molar-refractivity contribution in [2.24, 2.45) is 11.8 Å². The first-order valence-corrected chi connectivity index (χ1v) is 8.92. The van der Waals surface area contributed by atoms with Gasteiger partial charge in [-0.25, -0.2) is 4.63 Å². The van der Waals surface area contributed by atoms with E-state index in [9.17, 15) is 9.59 Å². The molecule has 2 atom stereocenters. The molecule has 1 aromatic rings. The molecular formula is C16H25N5O5. The second kappa shape index (κ2) is 8.95. The molecule has 2 aliphatic heterocycles. The molecule has 10 heteroatoms. The van der Waals surface area contributed by atoms with Gasteiger partial charge in [0.15, 0.2) is 0 Å². The number of nitrogens with zero attached hydrogens (tertiary/aromatic N) is 3. The fourth-order valence-corrected chi connectivity index (χ4v) is 3.19. The number of carbonyl (C=O) groups excluding carboxylic acids is 2. The minimum Gasteiger partial charge on any atom is -0.472 e. The normalized spacial score (nSPS) is 23.5. The van der Waals surface area contributed by atoms with Crippen molar-refractivity contribution in [2.75, 3.05) is 52.5 Å². The predicted molar refractivity (Wildman–Crippen MR) is 89.4 cm³/mol. The largest absolute Gasteiger partial charge is 0.472 e. The second-order valence-electron chi connectivity index (χ2n) is 6.52. The average molecular weight is 367 g/mol. The van der Waals surface area contributed by atoms with Gasteiger partial charge in [0.1, 0.15) is 12.3 Å². The van der Waals surface area contributed by atoms with Crippen LogP contribution in [0.1, 0.15) is 12.1 Å². The predicted octanol–water partition coefficient (Wildman–Crippen LogP) is -1.04. The van der Waals surface area contributed by atoms with Crippen molar-refractivity contribution >= 4 is 11.8 Å². The van der Waals surface area contributed by atoms with Crippen molar-refractivity contribution in [2.45, 2.75) is 13.3 Å². The van der Waals surface area contributed by atoms with Crippen LogP contribution in [0.4, 0.5) is 0 Å². The molecule has 0 unspecified atom stereocenters. The molecule has 2 fully saturated rings. The monoisotopic (exact) mass is 367 g/mol. The van der Waals surface area contributed by atoms with Gasteiger partial charge in [0, 0.05) is 26.2 Å². The van der Waals surface area contributed by atoms with Gasteiger partial charge < -0.3 is 25.0 Å². The van der Waals surface area contributed by atoms with E-state index in [1.165, 1.54) is 0 Å². The fraction of sp³-hybridized carbons (Fsp3) is 0.750. The Morgan fingerprint density at radius 2 is 2.04 bits per heavy atom. The van der Waals surface area contributed by atoms with Gasteiger partial charge >= 0.3 is 0 Å². The number of aromatic nitrogens is 2. The fourth-order valence-electron chi connectivity index (χ4n) is 3.19. The first-order valence-electron chi connectivity index (χ1n) is 8.92. The van der Waals surface area contributed by atoms with Crippen molar-refractivity contribution in [1.29, 1.82) is 0 Å². The van der Waals surface area contributed by atoms with Crippen molar-refractivity contribution in [1.82, 2.24) is 25.8 Å². The lowest BCUT2D eigenvalue weighted by Gasteiger charge is -2.34. The molecule has 3 rings (SSSR count). The lowest BCUT2D eigenvalue weighted by atomic mass is 9.88. The van der Waals surface area contributed by atoms with Gasteiger partial charge in [-0.3, -0.25) is 9.59 Å². The smallest absolute Gasteiger partial charge is 0.278 e. The molecular weight excluding hydrogens is 342 g/mol. The molecule has 144 valence electrons. The standard InChI is InChI=1S/C16H25N5O5/c1-11-15(20-26-19-11)25-5-2-18-14(22)12-8-13(10-17-9-12)16(23)21-3-6-24-7-4-21/h12-13,17H,2-10H2,1H3,(H,18,22)/t12-,13+/m1/s1. The van der Waals surface area contributed by atoms with Gasteiger partial charge in [-0.15, -0.1) is 0 Å². The molecule has 0 saturated carbocycles. The maximum Gasteiger partial charge on any atom is 0.278 e. The molecule has 2 aliphatic rings. The number of morpholine rings is 1. The van der Waals surface area contributed by atoms with Crippen molar-refractivity contribution in [3.05, 3.63) is 5.69 Å². The Morgan fingerprint density at radius 3 is 2.77 bits per heavy atom. The van der Waals surface area contributed by atoms with E-state index < -0.39 is 0 Å². The first kappa shape index (κ1) is 18.6. The molecule has 0 aromatic carbocycles. The molecule has 0 radical (unpaired) electrons. The molecule has 2 amide bonds. The summed E-state index contributed by atoms with van der Waals surface area (Å²) in [6.45, 7) is 5.95. The minimum absolute atomic E-state index is 0.0735. The van der Waals surface area contributed by atoms with E-state index in [1.807, 2.05) is 4.90 Å². The summed E-state index contributed by atoms with van der Waals surface area (Å²) in [5.41, 5.74) is 0.567. The van der Waals surface area contributed by atoms with Gasteiger partial charge in [0.2, 0.25) is 11.8 Å². The van der Waals surface area contributed by atoms with E-state index in [-0.39, 0.29) is 30.3 Å². The number of nitrogens with one attached hydrogen (secondary N) is 2. The van der Waals surface area contributed by atoms with Crippen LogP contribution < -0.4 is 15.4 Å². The zero-order valence-electron chi connectivity index (χ0n) is 14.9. The zero-order valence-corrected chi connectivity index (χ0v) is 14.9. The van der Waals surface area contributed by atoms with Crippen LogP contribution in [0.25, 0.3) is 0 Å². The second-order valence-corrected chi connectivity index (χ2v) is 6.52. The summed E-state index contributed by atoms with van der Waals surface area (Å²) in [6.07, 6.45) is 0.558. The van der Waals surface area contributed by atoms with Crippen LogP contribution >= 0.6 is 0 Å². The molecule has 2 saturated heterocycles. The summed E-state index contributed by atoms with van der Waals surface area (Å²) in [4.78, 5) is 26.8. The SMILES string of the molecule is Cc1nonc1OCCNC(=O)[C@H]1CNC[C@@H](C(=O)N2CCOCC2)C1. The maximum absolute atomic E-state index is 12.6. The Balaban J connectivity index is 1.41. The van der Waals surface area contributed by atoms with Crippen molar-refractivity contribution in [3.8, 4) is 5.88 Å². The summed E-state index contributed by atoms with van der Waals surface area (Å²) in [6, 6.07) is 0. The number of piperidine rings is 1. The van der Waals surface area contributed by atoms with Gasteiger partial charge in [-0.2, -0.15) is 0 Å². The van der Waals surface area contributed by atoms with Crippen LogP contribution in [0.5, 0.6) is 5.88 Å². The summed E-state index contributed by atoms with van der Waals surface area (Å²) in [7, 11) is 0. The van der Waals surface area contributed by atoms with E-state index in [4.69, 9.17) is 9.47 Å². The minimum atomic E-state index is -0.228. The van der Waals surface area contributed by atoms with E-state index in [0.29, 0.717) is 63.9 Å². The summed E-state index contributed by atoms with van der Waals surface area (Å²) in [5, 5.41) is 13.3. The molecule has 2 N–H and O–H groups in total. The molecule has 10 nitrogen and oxygen atoms in total. The lowest BCUT2D eigenvalue weighted by Crippen LogP contribution is -2.51. The highest BCUT2D eigenvalue weighted by atomic mass is 16.6. The molecule has 0 spiro atoms. The number of aryl methyl sites for hydroxylation is 1. The molecule has 26 heavy (non-hydrogen) atoms. The van der Waals surface area contributed by atoms with Gasteiger partial charge in [-0.1, -0.05) is 5.16 Å². The Morgan fingerprint density at radius 1 is 1.27 bits per heavy atom. The van der Waals surface area contributed by atoms with Gasteiger partial charge in [-0.05, 0) is 18.5 Å². The zero-order chi connectivity index (χ0) is 18.4. The third-order valence-electron chi connectivity index (χ3n) is 4.64. The summed E-state index contributed by atoms with van der Waals surface area (Å²) < 4.78 is 15.2. The Bertz CT molecular complexity index is 616. The summed E-state index contributed by atoms with van der Waals surface area (Å²) >= 11 is 0. The van der Waals surface area contributed by atoms with Crippen molar-refractivity contribution < 1.29 is 23.7 Å². The van der Waals surface area contributed by atoms with Crippen molar-refractivity contribution in [3.63, 3.8) is 0 Å². The number of amides is 2. The highest BCUT2D eigenvalue weighted by Crippen LogP contribution is 2.19. The summed E-state index contributed by atoms with van der Waals surface area (Å²) in [5.74, 6) is -0.0344. The maximum atomic E-state index is 12.6. The number of hydrogen-bond acceptors (Lipinski definition) is 8. The molecule has 0 bridgehead atoms. The van der Waals surface area contributed by atoms with Crippen LogP contribution in [0.2, 0.25) is 0 Å². The third kappa shape index (κ3) is 4.70. The molecule has 0 aliphatic carbocycles. The average Bonchev–Trinajstić information content (AvgIpc) is 3.10. The third-order valence-corrected chi connectivity index (χ3v) is 4.64. The number of carbonyl (C=O) groups is 2. The quantitative estimate of drug-likeness (QED) is 0.612. The number of hydrogen-bond donors (Lipinski definition) is 2. The van der Waals surface area contributed by atoms with E-state index >= 15 is 0 Å². The van der Waals surface area contributed by atoms with E-state index in [2.05, 4.69) is 25.6 Å². The topological polar surface area (TPSA) is 119 Å². The highest BCUT2D eigenvalue weighted by Gasteiger charge is 2.33. The van der Waals surface area contributed by atoms with Crippen LogP contribution in [-0.2, 0) is 14.3 Å². The van der Waals surface area contributed by atoms with Crippen LogP contribution in [0, 0.1) is 18.8 Å². The van der Waals surface area contributed by atoms with Gasteiger partial charge in [0.05, 0.1) is 31.6 Å². The van der Waals surface area contributed by atoms with Gasteiger partial charge in [0.25, 0.3) is 5.88 Å². The Hall–Kier alpha value is -2.20. The number of ether oxygens (including phenoxy) is 2. The molecule has 1 aromatic heterocycles. The first-order chi connectivity index (χ1) is 12.6. The lowest BCUT2D eigenvalue weighted by molar-refractivity contribution is -0.141. The van der Waals surface area contributed by atoms with Crippen LogP contribution in [0.3, 0.4) is 0 Å². The Kier molecular flexibility index (Phi) is 6.40. The van der Waals surface area contributed by atoms with E-state index in [0.717, 1.165) is 0 Å². The van der Waals surface area contributed by atoms with Crippen LogP contribution in [0.15, 0.2) is 4.63 Å².